The van der Waals surface area contributed by atoms with Crippen LogP contribution in [0, 0.1) is 0 Å². The van der Waals surface area contributed by atoms with E-state index in [1.807, 2.05) is 78.2 Å². The van der Waals surface area contributed by atoms with Crippen molar-refractivity contribution in [1.82, 2.24) is 34.4 Å². The molecule has 0 aliphatic carbocycles. The highest BCUT2D eigenvalue weighted by Crippen LogP contribution is 2.33. The van der Waals surface area contributed by atoms with E-state index in [9.17, 15) is 9.59 Å². The highest BCUT2D eigenvalue weighted by atomic mass is 32.1. The fourth-order valence-corrected chi connectivity index (χ4v) is 6.92. The summed E-state index contributed by atoms with van der Waals surface area (Å²) in [5, 5.41) is 20.9. The molecule has 3 N–H and O–H groups in total. The monoisotopic (exact) mass is 684 g/mol. The van der Waals surface area contributed by atoms with Crippen LogP contribution in [0.15, 0.2) is 116 Å². The number of nitrogens with zero attached hydrogens (tertiary/aromatic N) is 6. The van der Waals surface area contributed by atoms with Crippen LogP contribution in [0.4, 0.5) is 5.69 Å². The maximum atomic E-state index is 12.9. The van der Waals surface area contributed by atoms with Gasteiger partial charge in [-0.15, -0.1) is 11.3 Å². The van der Waals surface area contributed by atoms with Crippen molar-refractivity contribution in [3.63, 3.8) is 0 Å². The topological polar surface area (TPSA) is 134 Å². The molecule has 0 atom stereocenters. The maximum Gasteiger partial charge on any atom is 0.338 e. The van der Waals surface area contributed by atoms with Crippen molar-refractivity contribution in [3.8, 4) is 10.4 Å². The second kappa shape index (κ2) is 15.1. The van der Waals surface area contributed by atoms with Crippen molar-refractivity contribution in [2.45, 2.75) is 32.5 Å². The summed E-state index contributed by atoms with van der Waals surface area (Å²) in [6, 6.07) is 26.3. The molecule has 50 heavy (non-hydrogen) atoms. The third-order valence-corrected chi connectivity index (χ3v) is 9.57. The number of rotatable bonds is 10. The van der Waals surface area contributed by atoms with E-state index < -0.39 is 5.97 Å². The molecule has 2 aromatic carbocycles. The maximum absolute atomic E-state index is 12.9. The van der Waals surface area contributed by atoms with Crippen molar-refractivity contribution in [3.05, 3.63) is 143 Å². The smallest absolute Gasteiger partial charge is 0.338 e. The number of carboxylic acid groups (broad SMARTS) is 1. The number of carbonyl (C=O) groups excluding carboxylic acids is 1. The Bertz CT molecular complexity index is 2200. The zero-order chi connectivity index (χ0) is 34.3. The minimum atomic E-state index is -0.950. The van der Waals surface area contributed by atoms with Gasteiger partial charge in [-0.1, -0.05) is 60.7 Å². The Balaban J connectivity index is 0.000000219. The zero-order valence-corrected chi connectivity index (χ0v) is 28.1. The highest BCUT2D eigenvalue weighted by Gasteiger charge is 2.16. The molecule has 8 rings (SSSR count). The number of H-pyrrole nitrogens is 1. The van der Waals surface area contributed by atoms with Crippen molar-refractivity contribution in [2.75, 3.05) is 18.4 Å². The van der Waals surface area contributed by atoms with Gasteiger partial charge in [0.25, 0.3) is 5.91 Å². The number of thiophene rings is 1. The second-order valence-electron chi connectivity index (χ2n) is 12.2. The number of fused-ring (bicyclic) bond motifs is 1. The van der Waals surface area contributed by atoms with E-state index in [-0.39, 0.29) is 11.5 Å². The van der Waals surface area contributed by atoms with Crippen LogP contribution in [0.25, 0.3) is 21.5 Å². The number of aromatic nitrogens is 6. The molecule has 0 spiro atoms. The van der Waals surface area contributed by atoms with Crippen LogP contribution in [0.3, 0.4) is 0 Å². The number of hydrogen-bond acceptors (Lipinski definition) is 7. The van der Waals surface area contributed by atoms with Crippen LogP contribution in [0.5, 0.6) is 0 Å². The van der Waals surface area contributed by atoms with E-state index in [4.69, 9.17) is 5.11 Å². The molecule has 1 aliphatic rings. The van der Waals surface area contributed by atoms with E-state index in [1.165, 1.54) is 48.1 Å². The first kappa shape index (κ1) is 32.7. The van der Waals surface area contributed by atoms with Crippen LogP contribution in [0.2, 0.25) is 0 Å². The number of amides is 1. The lowest BCUT2D eigenvalue weighted by Gasteiger charge is -2.12. The summed E-state index contributed by atoms with van der Waals surface area (Å²) >= 11 is 1.81. The van der Waals surface area contributed by atoms with Gasteiger partial charge in [0.05, 0.1) is 42.3 Å². The van der Waals surface area contributed by atoms with Crippen LogP contribution in [-0.4, -0.2) is 64.5 Å². The minimum Gasteiger partial charge on any atom is -0.478 e. The normalized spacial score (nSPS) is 12.9. The van der Waals surface area contributed by atoms with Crippen LogP contribution in [-0.2, 0) is 19.6 Å². The van der Waals surface area contributed by atoms with Gasteiger partial charge in [0.15, 0.2) is 0 Å². The number of benzene rings is 2. The van der Waals surface area contributed by atoms with Gasteiger partial charge in [-0.2, -0.15) is 10.2 Å². The third kappa shape index (κ3) is 8.05. The van der Waals surface area contributed by atoms with Gasteiger partial charge in [0.2, 0.25) is 0 Å². The zero-order valence-electron chi connectivity index (χ0n) is 27.3. The Kier molecular flexibility index (Phi) is 9.90. The fourth-order valence-electron chi connectivity index (χ4n) is 5.88. The van der Waals surface area contributed by atoms with E-state index in [0.717, 1.165) is 34.3 Å². The third-order valence-electron chi connectivity index (χ3n) is 8.45. The lowest BCUT2D eigenvalue weighted by molar-refractivity contribution is 0.0696. The lowest BCUT2D eigenvalue weighted by Crippen LogP contribution is -2.17. The summed E-state index contributed by atoms with van der Waals surface area (Å²) in [4.78, 5) is 36.4. The number of anilines is 1. The van der Waals surface area contributed by atoms with Gasteiger partial charge in [-0.05, 0) is 55.3 Å². The number of pyridine rings is 1. The molecule has 1 fully saturated rings. The Morgan fingerprint density at radius 1 is 0.800 bits per heavy atom. The summed E-state index contributed by atoms with van der Waals surface area (Å²) in [5.41, 5.74) is 5.48. The predicted molar refractivity (Wildman–Crippen MR) is 194 cm³/mol. The average molecular weight is 685 g/mol. The molecule has 5 aromatic heterocycles. The molecule has 252 valence electrons. The molecule has 1 saturated heterocycles. The summed E-state index contributed by atoms with van der Waals surface area (Å²) in [6.45, 7) is 4.61. The summed E-state index contributed by atoms with van der Waals surface area (Å²) < 4.78 is 3.38. The number of carboxylic acids is 1. The van der Waals surface area contributed by atoms with Crippen molar-refractivity contribution < 1.29 is 14.7 Å². The molecule has 0 bridgehead atoms. The summed E-state index contributed by atoms with van der Waals surface area (Å²) in [5.74, 6) is -1.14. The van der Waals surface area contributed by atoms with Crippen LogP contribution >= 0.6 is 11.3 Å². The van der Waals surface area contributed by atoms with E-state index in [0.29, 0.717) is 24.3 Å². The number of nitrogens with one attached hydrogen (secondary N) is 2. The van der Waals surface area contributed by atoms with Gasteiger partial charge in [0.1, 0.15) is 5.65 Å². The molecule has 6 heterocycles. The number of hydrogen-bond donors (Lipinski definition) is 3. The van der Waals surface area contributed by atoms with Gasteiger partial charge >= 0.3 is 5.97 Å². The van der Waals surface area contributed by atoms with Gasteiger partial charge in [-0.25, -0.2) is 9.78 Å². The summed E-state index contributed by atoms with van der Waals surface area (Å²) in [6.07, 6.45) is 12.5. The largest absolute Gasteiger partial charge is 0.478 e. The van der Waals surface area contributed by atoms with Crippen molar-refractivity contribution in [1.29, 1.82) is 0 Å². The minimum absolute atomic E-state index is 0.195. The Morgan fingerprint density at radius 3 is 2.08 bits per heavy atom. The van der Waals surface area contributed by atoms with Gasteiger partial charge < -0.3 is 15.4 Å². The number of likely N-dealkylation sites (tertiary alicyclic amines) is 1. The first-order valence-electron chi connectivity index (χ1n) is 16.4. The second-order valence-corrected chi connectivity index (χ2v) is 13.3. The molecule has 0 saturated carbocycles. The van der Waals surface area contributed by atoms with Crippen molar-refractivity contribution >= 4 is 39.9 Å². The Labute approximate surface area is 292 Å². The Morgan fingerprint density at radius 2 is 1.44 bits per heavy atom. The highest BCUT2D eigenvalue weighted by molar-refractivity contribution is 7.15. The lowest BCUT2D eigenvalue weighted by atomic mass is 10.2. The predicted octanol–water partition coefficient (Wildman–Crippen LogP) is 7.01. The van der Waals surface area contributed by atoms with Gasteiger partial charge in [-0.3, -0.25) is 19.1 Å². The average Bonchev–Trinajstić information content (AvgIpc) is 3.98. The molecule has 12 heteroatoms. The number of carbonyl (C=O) groups is 2. The molecule has 7 aromatic rings. The van der Waals surface area contributed by atoms with Crippen LogP contribution in [0.1, 0.15) is 49.6 Å². The Hall–Kier alpha value is -5.85. The van der Waals surface area contributed by atoms with E-state index >= 15 is 0 Å². The van der Waals surface area contributed by atoms with E-state index in [1.54, 1.807) is 28.0 Å². The van der Waals surface area contributed by atoms with Crippen molar-refractivity contribution in [2.24, 2.45) is 0 Å². The molecule has 1 amide bonds. The summed E-state index contributed by atoms with van der Waals surface area (Å²) in [7, 11) is 0. The molecular formula is C38H36N8O3S. The first-order valence-corrected chi connectivity index (χ1v) is 17.2. The molecule has 11 nitrogen and oxygen atoms in total. The SMILES string of the molecule is O=C(Nc1c[nH]c2ncc(-c3ccc(CN4CCCC4)s3)cc12)c1cnn(Cc2ccccc2)c1.O=C(O)c1cnn(Cc2ccccc2)c1. The fraction of sp³-hybridized carbons (Fsp3) is 0.184. The van der Waals surface area contributed by atoms with Crippen LogP contribution < -0.4 is 5.32 Å². The molecule has 0 unspecified atom stereocenters. The quantitative estimate of drug-likeness (QED) is 0.141. The molecule has 0 radical (unpaired) electrons. The number of aromatic carboxylic acids is 1. The molecule has 1 aliphatic heterocycles. The standard InChI is InChI=1S/C27H26N6OS.C11H10N2O2/c34-27(21-14-30-33(17-21)16-19-6-2-1-3-7-19)31-24-15-29-26-23(24)12-20(13-28-26)25-9-8-22(35-25)18-32-10-4-5-11-32;14-11(15)10-6-12-13(8-10)7-9-4-2-1-3-5-9/h1-3,6-9,12-15,17H,4-5,10-11,16,18H2,(H,28,29)(H,31,34);1-6,8H,7H2,(H,14,15). The first-order chi connectivity index (χ1) is 24.5. The van der Waals surface area contributed by atoms with E-state index in [2.05, 4.69) is 48.6 Å². The number of aromatic amines is 1. The van der Waals surface area contributed by atoms with Gasteiger partial charge in [0, 0.05) is 52.0 Å². The molecular weight excluding hydrogens is 649 g/mol.